The van der Waals surface area contributed by atoms with Crippen molar-refractivity contribution < 1.29 is 0 Å². The molecule has 2 N–H and O–H groups in total. The molecule has 51 valence electrons. The summed E-state index contributed by atoms with van der Waals surface area (Å²) >= 11 is 0. The average Bonchev–Trinajstić information content (AvgIpc) is 2.11. The number of rotatable bonds is 1. The zero-order chi connectivity index (χ0) is 6.10. The predicted molar refractivity (Wildman–Crippen MR) is 36.9 cm³/mol. The minimum Gasteiger partial charge on any atom is -0.303 e. The first-order chi connectivity index (χ1) is 4.47. The van der Waals surface area contributed by atoms with E-state index >= 15 is 0 Å². The van der Waals surface area contributed by atoms with E-state index in [1.165, 1.54) is 19.3 Å². The second-order valence-corrected chi connectivity index (χ2v) is 2.90. The van der Waals surface area contributed by atoms with Gasteiger partial charge in [0.15, 0.2) is 0 Å². The van der Waals surface area contributed by atoms with Gasteiger partial charge in [-0.1, -0.05) is 6.42 Å². The molecule has 1 heterocycles. The molecular weight excluding hydrogens is 112 g/mol. The van der Waals surface area contributed by atoms with Crippen molar-refractivity contribution in [2.24, 2.45) is 0 Å². The van der Waals surface area contributed by atoms with Gasteiger partial charge in [-0.15, -0.1) is 0 Å². The van der Waals surface area contributed by atoms with Gasteiger partial charge in [0, 0.05) is 19.3 Å². The van der Waals surface area contributed by atoms with Gasteiger partial charge in [0.05, 0.1) is 0 Å². The highest BCUT2D eigenvalue weighted by Crippen LogP contribution is 2.32. The molecule has 2 nitrogen and oxygen atoms in total. The molecule has 2 aliphatic rings. The molecule has 1 aliphatic heterocycles. The maximum Gasteiger partial charge on any atom is 0.0457 e. The van der Waals surface area contributed by atoms with Crippen LogP contribution in [0.3, 0.4) is 0 Å². The lowest BCUT2D eigenvalue weighted by atomic mass is 9.80. The van der Waals surface area contributed by atoms with Crippen LogP contribution in [0.15, 0.2) is 0 Å². The van der Waals surface area contributed by atoms with E-state index in [4.69, 9.17) is 0 Å². The third-order valence-electron chi connectivity index (χ3n) is 2.31. The summed E-state index contributed by atoms with van der Waals surface area (Å²) in [5.41, 5.74) is 0. The van der Waals surface area contributed by atoms with Gasteiger partial charge in [0.2, 0.25) is 0 Å². The zero-order valence-electron chi connectivity index (χ0n) is 5.61. The van der Waals surface area contributed by atoms with Crippen molar-refractivity contribution in [3.8, 4) is 0 Å². The molecular formula is C7H13N2. The fourth-order valence-electron chi connectivity index (χ4n) is 1.50. The summed E-state index contributed by atoms with van der Waals surface area (Å²) < 4.78 is 0. The van der Waals surface area contributed by atoms with Gasteiger partial charge in [-0.2, -0.15) is 0 Å². The van der Waals surface area contributed by atoms with E-state index in [1.54, 1.807) is 5.92 Å². The van der Waals surface area contributed by atoms with Crippen molar-refractivity contribution in [3.05, 3.63) is 5.92 Å². The van der Waals surface area contributed by atoms with Crippen LogP contribution in [0.5, 0.6) is 0 Å². The second-order valence-electron chi connectivity index (χ2n) is 2.90. The zero-order valence-corrected chi connectivity index (χ0v) is 5.61. The van der Waals surface area contributed by atoms with Crippen molar-refractivity contribution in [1.29, 1.82) is 0 Å². The smallest absolute Gasteiger partial charge is 0.0457 e. The highest BCUT2D eigenvalue weighted by atomic mass is 15.2. The van der Waals surface area contributed by atoms with Gasteiger partial charge >= 0.3 is 0 Å². The first kappa shape index (κ1) is 5.69. The quantitative estimate of drug-likeness (QED) is 0.525. The Hall–Kier alpha value is -0.0800. The Labute approximate surface area is 56.0 Å². The molecule has 0 aromatic heterocycles. The van der Waals surface area contributed by atoms with Crippen LogP contribution in [-0.4, -0.2) is 19.3 Å². The van der Waals surface area contributed by atoms with Gasteiger partial charge in [0.25, 0.3) is 0 Å². The van der Waals surface area contributed by atoms with E-state index in [2.05, 4.69) is 10.6 Å². The molecule has 2 fully saturated rings. The Balaban J connectivity index is 1.82. The molecule has 0 bridgehead atoms. The summed E-state index contributed by atoms with van der Waals surface area (Å²) in [5, 5.41) is 6.70. The topological polar surface area (TPSA) is 24.1 Å². The lowest BCUT2D eigenvalue weighted by Crippen LogP contribution is -2.34. The summed E-state index contributed by atoms with van der Waals surface area (Å²) in [6.07, 6.45) is 4.17. The highest BCUT2D eigenvalue weighted by molar-refractivity contribution is 5.09. The third kappa shape index (κ3) is 0.970. The third-order valence-corrected chi connectivity index (χ3v) is 2.31. The van der Waals surface area contributed by atoms with Gasteiger partial charge in [-0.3, -0.25) is 5.32 Å². The summed E-state index contributed by atoms with van der Waals surface area (Å²) in [5.74, 6) is 1.74. The van der Waals surface area contributed by atoms with Crippen LogP contribution in [-0.2, 0) is 0 Å². The molecule has 1 unspecified atom stereocenters. The molecule has 0 spiro atoms. The summed E-state index contributed by atoms with van der Waals surface area (Å²) in [4.78, 5) is 0. The fraction of sp³-hybridized carbons (Fsp3) is 0.857. The molecule has 1 saturated carbocycles. The molecule has 1 saturated heterocycles. The summed E-state index contributed by atoms with van der Waals surface area (Å²) in [7, 11) is 0. The minimum atomic E-state index is 0.721. The monoisotopic (exact) mass is 125 g/mol. The van der Waals surface area contributed by atoms with Crippen LogP contribution in [0, 0.1) is 5.92 Å². The Morgan fingerprint density at radius 2 is 2.22 bits per heavy atom. The first-order valence-electron chi connectivity index (χ1n) is 3.75. The standard InChI is InChI=1S/C7H13N2/c1-2-6(3-1)7-4-8-5-9-7/h7-9H,1-5H2. The highest BCUT2D eigenvalue weighted by Gasteiger charge is 2.29. The first-order valence-corrected chi connectivity index (χ1v) is 3.75. The Morgan fingerprint density at radius 1 is 1.33 bits per heavy atom. The molecule has 2 rings (SSSR count). The average molecular weight is 125 g/mol. The minimum absolute atomic E-state index is 0.721. The molecule has 9 heavy (non-hydrogen) atoms. The maximum atomic E-state index is 3.41. The summed E-state index contributed by atoms with van der Waals surface area (Å²) in [6.45, 7) is 2.17. The largest absolute Gasteiger partial charge is 0.303 e. The van der Waals surface area contributed by atoms with Gasteiger partial charge in [-0.25, -0.2) is 0 Å². The van der Waals surface area contributed by atoms with Crippen LogP contribution in [0.4, 0.5) is 0 Å². The predicted octanol–water partition coefficient (Wildman–Crippen LogP) is 0.264. The molecule has 1 atom stereocenters. The molecule has 0 amide bonds. The number of hydrogen-bond donors (Lipinski definition) is 2. The molecule has 1 radical (unpaired) electrons. The Kier molecular flexibility index (Phi) is 1.44. The van der Waals surface area contributed by atoms with E-state index < -0.39 is 0 Å². The van der Waals surface area contributed by atoms with Crippen molar-refractivity contribution in [2.75, 3.05) is 13.2 Å². The van der Waals surface area contributed by atoms with Crippen LogP contribution < -0.4 is 10.6 Å². The lowest BCUT2D eigenvalue weighted by molar-refractivity contribution is 0.450. The maximum absolute atomic E-state index is 3.41. The molecule has 2 heteroatoms. The number of hydrogen-bond acceptors (Lipinski definition) is 2. The van der Waals surface area contributed by atoms with E-state index in [0.717, 1.165) is 19.3 Å². The Bertz CT molecular complexity index is 93.1. The van der Waals surface area contributed by atoms with Crippen molar-refractivity contribution >= 4 is 0 Å². The van der Waals surface area contributed by atoms with Crippen LogP contribution in [0.2, 0.25) is 0 Å². The SMILES string of the molecule is C1C[C](C2CNCN2)C1. The number of nitrogens with one attached hydrogen (secondary N) is 2. The second kappa shape index (κ2) is 2.27. The fourth-order valence-corrected chi connectivity index (χ4v) is 1.50. The molecule has 1 aliphatic carbocycles. The van der Waals surface area contributed by atoms with Crippen LogP contribution in [0.25, 0.3) is 0 Å². The van der Waals surface area contributed by atoms with Crippen LogP contribution in [0.1, 0.15) is 19.3 Å². The summed E-state index contributed by atoms with van der Waals surface area (Å²) in [6, 6.07) is 0.721. The molecule has 0 aromatic carbocycles. The van der Waals surface area contributed by atoms with Crippen molar-refractivity contribution in [3.63, 3.8) is 0 Å². The Morgan fingerprint density at radius 3 is 2.67 bits per heavy atom. The van der Waals surface area contributed by atoms with Gasteiger partial charge in [-0.05, 0) is 18.8 Å². The van der Waals surface area contributed by atoms with E-state index in [0.29, 0.717) is 0 Å². The van der Waals surface area contributed by atoms with E-state index in [-0.39, 0.29) is 0 Å². The lowest BCUT2D eigenvalue weighted by Gasteiger charge is -2.29. The van der Waals surface area contributed by atoms with Crippen LogP contribution >= 0.6 is 0 Å². The van der Waals surface area contributed by atoms with Gasteiger partial charge in [0.1, 0.15) is 0 Å². The molecule has 0 aromatic rings. The van der Waals surface area contributed by atoms with Gasteiger partial charge < -0.3 is 5.32 Å². The van der Waals surface area contributed by atoms with Crippen molar-refractivity contribution in [2.45, 2.75) is 25.3 Å². The normalized spacial score (nSPS) is 36.7. The van der Waals surface area contributed by atoms with E-state index in [1.807, 2.05) is 0 Å². The van der Waals surface area contributed by atoms with Crippen molar-refractivity contribution in [1.82, 2.24) is 10.6 Å². The van der Waals surface area contributed by atoms with E-state index in [9.17, 15) is 0 Å².